The van der Waals surface area contributed by atoms with Crippen molar-refractivity contribution in [3.63, 3.8) is 0 Å². The van der Waals surface area contributed by atoms with E-state index in [4.69, 9.17) is 19.7 Å². The fourth-order valence-corrected chi connectivity index (χ4v) is 31.1. The van der Waals surface area contributed by atoms with Crippen molar-refractivity contribution in [3.05, 3.63) is 176 Å². The second-order valence-electron chi connectivity index (χ2n) is 48.2. The molecule has 10 saturated carbocycles. The van der Waals surface area contributed by atoms with Crippen molar-refractivity contribution in [2.24, 2.45) is 133 Å². The van der Waals surface area contributed by atoms with E-state index in [1.165, 1.54) is 11.1 Å². The second kappa shape index (κ2) is 35.0. The minimum absolute atomic E-state index is 0. The number of rotatable bonds is 0. The van der Waals surface area contributed by atoms with Gasteiger partial charge in [-0.2, -0.15) is 0 Å². The summed E-state index contributed by atoms with van der Waals surface area (Å²) >= 11 is 0. The van der Waals surface area contributed by atoms with E-state index in [1.54, 1.807) is 48.6 Å². The molecule has 0 amide bonds. The van der Waals surface area contributed by atoms with Gasteiger partial charge in [0.05, 0.1) is 25.4 Å². The molecule has 0 saturated heterocycles. The van der Waals surface area contributed by atoms with E-state index in [1.807, 2.05) is 78.0 Å². The van der Waals surface area contributed by atoms with Crippen LogP contribution in [0.1, 0.15) is 307 Å². The largest absolute Gasteiger partial charge is 0.392 e. The summed E-state index contributed by atoms with van der Waals surface area (Å²) in [5.74, 6) is 2.79. The maximum atomic E-state index is 12.7. The molecule has 10 fully saturated rings. The fraction of sp³-hybridized carbons (Fsp3) is 0.658. The van der Waals surface area contributed by atoms with Gasteiger partial charge in [-0.3, -0.25) is 43.2 Å². The second-order valence-corrected chi connectivity index (χ2v) is 48.2. The van der Waals surface area contributed by atoms with Gasteiger partial charge in [0.2, 0.25) is 17.2 Å². The van der Waals surface area contributed by atoms with Gasteiger partial charge in [0.15, 0.2) is 40.5 Å². The molecule has 16 nitrogen and oxygen atoms in total. The predicted octanol–water partition coefficient (Wildman–Crippen LogP) is 22.3. The molecule has 18 heteroatoms. The molecule has 18 rings (SSSR count). The van der Waals surface area contributed by atoms with Crippen LogP contribution >= 0.6 is 0 Å². The van der Waals surface area contributed by atoms with Gasteiger partial charge in [0.1, 0.15) is 17.3 Å². The smallest absolute Gasteiger partial charge is 0.282 e. The Balaban J connectivity index is 0.000000149. The first-order valence-corrected chi connectivity index (χ1v) is 47.5. The zero-order valence-electron chi connectivity index (χ0n) is 81.9. The van der Waals surface area contributed by atoms with Crippen LogP contribution in [0, 0.1) is 241 Å². The van der Waals surface area contributed by atoms with E-state index < -0.39 is 39.2 Å². The van der Waals surface area contributed by atoms with Crippen LogP contribution in [0.4, 0.5) is 0 Å². The van der Waals surface area contributed by atoms with Crippen molar-refractivity contribution in [1.29, 1.82) is 0 Å². The molecule has 0 aromatic carbocycles. The summed E-state index contributed by atoms with van der Waals surface area (Å²) in [5.41, 5.74) is 3.20. The third-order valence-electron chi connectivity index (χ3n) is 38.6. The summed E-state index contributed by atoms with van der Waals surface area (Å²) in [4.78, 5) is 145. The van der Waals surface area contributed by atoms with Gasteiger partial charge in [-0.25, -0.2) is 16.3 Å². The molecule has 0 heterocycles. The van der Waals surface area contributed by atoms with E-state index >= 15 is 0 Å². The van der Waals surface area contributed by atoms with Crippen LogP contribution < -0.4 is 0 Å². The Kier molecular flexibility index (Phi) is 28.2. The SMILES string of the molecule is CC1(C)C(=O)CC[C@]2(C)C3=CC(=O)C=C[C@]3(C)CC[C@@H]12.CC1(C)C(=O)CC[C@]2(C)C3=CC(=O)C[C@@H](O)[C@]3(C)CC[C@@H]12.CC1(C)C(=O)CC[C@]2(C)C3=CCC[C@@H](O)[C@]3(C)CC[C@@H]12.[Ac].[Ac].[C-]#[N+]C1=C[C@@]2(C)C3=CC(=O)C=C[C@@]3(C)CC[C@@H]2C(C)(C)C1=O.[C-]#[N+]C1=C[C@]2(C)C3=CC(=O)C=C[C@]3(C)CC[C@H]2C(C)(C)C1=O.[C-]#[N+]C1C[C@]2(C)C3=CC(=O)C=C[C@]3(C)CC[C@H]2C(C)(C)C1=O. The molecule has 18 aliphatic rings. The zero-order valence-corrected chi connectivity index (χ0v) is 91.4. The Morgan fingerprint density at radius 2 is 0.636 bits per heavy atom. The molecule has 0 spiro atoms. The quantitative estimate of drug-likeness (QED) is 0.170. The topological polar surface area (TPSA) is 241 Å². The molecular formula is C111H143Ac2N3O13. The van der Waals surface area contributed by atoms with Crippen molar-refractivity contribution in [1.82, 2.24) is 0 Å². The van der Waals surface area contributed by atoms with Gasteiger partial charge in [0, 0.05) is 201 Å². The van der Waals surface area contributed by atoms with Gasteiger partial charge in [-0.15, -0.1) is 0 Å². The van der Waals surface area contributed by atoms with Crippen LogP contribution in [0.15, 0.2) is 142 Å². The molecule has 129 heavy (non-hydrogen) atoms. The Hall–Kier alpha value is -5.48. The van der Waals surface area contributed by atoms with E-state index in [2.05, 4.69) is 151 Å². The van der Waals surface area contributed by atoms with Crippen molar-refractivity contribution in [2.75, 3.05) is 0 Å². The number of hydrogen-bond acceptors (Lipinski definition) is 13. The van der Waals surface area contributed by atoms with Crippen LogP contribution in [-0.2, 0) is 52.7 Å². The van der Waals surface area contributed by atoms with E-state index in [-0.39, 0.29) is 252 Å². The molecule has 18 aliphatic carbocycles. The summed E-state index contributed by atoms with van der Waals surface area (Å²) in [5, 5.41) is 21.0. The summed E-state index contributed by atoms with van der Waals surface area (Å²) in [7, 11) is 0. The van der Waals surface area contributed by atoms with Crippen molar-refractivity contribution < 1.29 is 151 Å². The number of aliphatic hydroxyl groups excluding tert-OH is 2. The Labute approximate surface area is 841 Å². The number of ketones is 11. The minimum Gasteiger partial charge on any atom is -0.392 e. The Morgan fingerprint density at radius 1 is 0.326 bits per heavy atom. The first-order chi connectivity index (χ1) is 58.5. The van der Waals surface area contributed by atoms with E-state index in [0.29, 0.717) is 54.9 Å². The number of hydrogen-bond donors (Lipinski definition) is 2. The van der Waals surface area contributed by atoms with Crippen LogP contribution in [0.2, 0.25) is 0 Å². The average Bonchev–Trinajstić information content (AvgIpc) is 0.634. The maximum Gasteiger partial charge on any atom is 0.282 e. The molecule has 2 radical (unpaired) electrons. The average molecular weight is 2180 g/mol. The number of carbonyl (C=O) groups excluding carboxylic acids is 11. The molecule has 686 valence electrons. The van der Waals surface area contributed by atoms with Gasteiger partial charge >= 0.3 is 0 Å². The molecule has 21 atom stereocenters. The first kappa shape index (κ1) is 104. The predicted molar refractivity (Wildman–Crippen MR) is 494 cm³/mol. The molecule has 0 aromatic heterocycles. The molecule has 2 N–H and O–H groups in total. The number of Topliss-reactive ketones (excluding diaryl/α,β-unsaturated/α-hetero) is 6. The normalized spacial score (nSPS) is 42.1. The molecule has 0 aliphatic heterocycles. The van der Waals surface area contributed by atoms with Crippen molar-refractivity contribution >= 4 is 63.6 Å². The van der Waals surface area contributed by atoms with Crippen LogP contribution in [-0.4, -0.2) is 92.1 Å². The minimum atomic E-state index is -0.583. The van der Waals surface area contributed by atoms with Crippen LogP contribution in [0.5, 0.6) is 0 Å². The molecule has 0 aromatic rings. The fourth-order valence-electron chi connectivity index (χ4n) is 31.1. The number of aliphatic hydroxyl groups is 2. The number of fused-ring (bicyclic) bond motifs is 18. The number of allylic oxidation sites excluding steroid dienone is 22. The van der Waals surface area contributed by atoms with E-state index in [0.717, 1.165) is 131 Å². The van der Waals surface area contributed by atoms with Gasteiger partial charge in [-0.05, 0) is 227 Å². The molecule has 1 unspecified atom stereocenters. The van der Waals surface area contributed by atoms with Gasteiger partial charge < -0.3 is 24.6 Å². The van der Waals surface area contributed by atoms with Crippen LogP contribution in [0.25, 0.3) is 14.5 Å². The summed E-state index contributed by atoms with van der Waals surface area (Å²) < 4.78 is 0. The summed E-state index contributed by atoms with van der Waals surface area (Å²) in [6, 6.07) is -0.583. The number of nitrogens with zero attached hydrogens (tertiary/aromatic N) is 3. The van der Waals surface area contributed by atoms with Gasteiger partial charge in [0.25, 0.3) is 6.04 Å². The summed E-state index contributed by atoms with van der Waals surface area (Å²) in [6.45, 7) is 72.7. The number of carbonyl (C=O) groups is 11. The van der Waals surface area contributed by atoms with Crippen LogP contribution in [0.3, 0.4) is 0 Å². The Morgan fingerprint density at radius 3 is 1.00 bits per heavy atom. The third kappa shape index (κ3) is 16.6. The van der Waals surface area contributed by atoms with E-state index in [9.17, 15) is 63.0 Å². The Bertz CT molecular complexity index is 5230. The summed E-state index contributed by atoms with van der Waals surface area (Å²) in [6.07, 6.45) is 47.9. The molecular weight excluding hydrogens is 2040 g/mol. The van der Waals surface area contributed by atoms with Crippen molar-refractivity contribution in [2.45, 2.75) is 326 Å². The molecule has 0 bridgehead atoms. The standard InChI is InChI=1S/C19H23NO2.2C19H21NO2.C18H26O3.C18H24O2.C18H28O2.2Ac/c3*1-17(2)14-7-9-18(3)8-6-12(21)10-15(18)19(14,4)11-13(20-5)16(17)22;1-16(2)12-5-7-18(4)13(9-11(19)10-15(18)21)17(12,3)8-6-14(16)20;1-16(2)13-6-9-17(3)8-5-12(19)11-14(17)18(13,4)10-7-15(16)20;1-16(2)12-8-10-18(4)13(6-5-7-15(18)20)17(12,3)11-9-14(16)19;;/h6,8,10,13-14H,7,9,11H2,1-4H3;2*6,8,10-11,14H,7,9H2,1-4H3;9,12,15,21H,5-8,10H2,1-4H3;5,8,11,13H,6-7,9-10H2,1-4H3;6,12,15,20H,5,7-11H2,1-4H3;;/t13?,14-,18+,19-;2*14-,18+,19-;12-,15+,17-,18+;13-,17+,18-;12-,15+,17-,18+;;/m010000../s1. The monoisotopic (exact) mass is 2180 g/mol. The van der Waals surface area contributed by atoms with Crippen molar-refractivity contribution in [3.8, 4) is 0 Å². The zero-order chi connectivity index (χ0) is 94.2. The third-order valence-corrected chi connectivity index (χ3v) is 38.6. The first-order valence-electron chi connectivity index (χ1n) is 47.5. The van der Waals surface area contributed by atoms with Gasteiger partial charge in [-0.1, -0.05) is 231 Å². The maximum absolute atomic E-state index is 12.7.